The largest absolute Gasteiger partial charge is 0.387 e. The molecule has 0 saturated carbocycles. The minimum absolute atomic E-state index is 0.525. The molecule has 0 bridgehead atoms. The minimum atomic E-state index is -0.525. The Balaban J connectivity index is 2.77. The van der Waals surface area contributed by atoms with Gasteiger partial charge in [0.25, 0.3) is 0 Å². The molecule has 0 aliphatic carbocycles. The average molecular weight is 279 g/mol. The van der Waals surface area contributed by atoms with E-state index in [1.54, 1.807) is 12.1 Å². The predicted molar refractivity (Wildman–Crippen MR) is 62.7 cm³/mol. The lowest BCUT2D eigenvalue weighted by Gasteiger charge is -2.13. The van der Waals surface area contributed by atoms with Crippen LogP contribution >= 0.6 is 27.5 Å². The second kappa shape index (κ2) is 5.71. The lowest BCUT2D eigenvalue weighted by molar-refractivity contribution is 0.175. The van der Waals surface area contributed by atoms with Gasteiger partial charge in [-0.1, -0.05) is 34.5 Å². The van der Waals surface area contributed by atoms with Crippen LogP contribution in [0.4, 0.5) is 0 Å². The maximum absolute atomic E-state index is 9.81. The molecule has 1 aromatic rings. The summed E-state index contributed by atoms with van der Waals surface area (Å²) in [5, 5.41) is 13.5. The van der Waals surface area contributed by atoms with Crippen LogP contribution in [0, 0.1) is 0 Å². The Morgan fingerprint density at radius 1 is 1.57 bits per heavy atom. The zero-order valence-corrected chi connectivity index (χ0v) is 10.3. The summed E-state index contributed by atoms with van der Waals surface area (Å²) in [4.78, 5) is 0. The van der Waals surface area contributed by atoms with E-state index in [9.17, 15) is 5.11 Å². The van der Waals surface area contributed by atoms with E-state index in [1.807, 2.05) is 13.0 Å². The fourth-order valence-corrected chi connectivity index (χ4v) is 1.85. The second-order valence-electron chi connectivity index (χ2n) is 2.99. The third kappa shape index (κ3) is 3.24. The molecule has 2 N–H and O–H groups in total. The highest BCUT2D eigenvalue weighted by Crippen LogP contribution is 2.26. The molecule has 0 amide bonds. The van der Waals surface area contributed by atoms with Crippen LogP contribution < -0.4 is 5.32 Å². The molecule has 1 unspecified atom stereocenters. The summed E-state index contributed by atoms with van der Waals surface area (Å²) >= 11 is 9.22. The number of benzene rings is 1. The zero-order valence-electron chi connectivity index (χ0n) is 7.93. The summed E-state index contributed by atoms with van der Waals surface area (Å²) in [6, 6.07) is 5.40. The van der Waals surface area contributed by atoms with Crippen molar-refractivity contribution < 1.29 is 5.11 Å². The Bertz CT molecular complexity index is 306. The van der Waals surface area contributed by atoms with E-state index in [4.69, 9.17) is 11.6 Å². The Labute approximate surface area is 97.4 Å². The van der Waals surface area contributed by atoms with Gasteiger partial charge in [-0.3, -0.25) is 0 Å². The van der Waals surface area contributed by atoms with Crippen LogP contribution in [0.3, 0.4) is 0 Å². The summed E-state index contributed by atoms with van der Waals surface area (Å²) in [5.74, 6) is 0. The van der Waals surface area contributed by atoms with Gasteiger partial charge in [-0.05, 0) is 30.3 Å². The Morgan fingerprint density at radius 2 is 2.29 bits per heavy atom. The lowest BCUT2D eigenvalue weighted by atomic mass is 10.1. The summed E-state index contributed by atoms with van der Waals surface area (Å²) in [5.41, 5.74) is 0.818. The number of hydrogen-bond acceptors (Lipinski definition) is 2. The SMILES string of the molecule is CCNCC(O)c1cc(Cl)ccc1Br. The van der Waals surface area contributed by atoms with Crippen LogP contribution in [0.5, 0.6) is 0 Å². The Hall–Kier alpha value is -0.0900. The summed E-state index contributed by atoms with van der Waals surface area (Å²) in [7, 11) is 0. The van der Waals surface area contributed by atoms with Gasteiger partial charge in [-0.25, -0.2) is 0 Å². The predicted octanol–water partition coefficient (Wildman–Crippen LogP) is 2.75. The monoisotopic (exact) mass is 277 g/mol. The van der Waals surface area contributed by atoms with Crippen LogP contribution in [0.1, 0.15) is 18.6 Å². The van der Waals surface area contributed by atoms with Gasteiger partial charge in [0.1, 0.15) is 0 Å². The lowest BCUT2D eigenvalue weighted by Crippen LogP contribution is -2.21. The van der Waals surface area contributed by atoms with Crippen molar-refractivity contribution in [1.29, 1.82) is 0 Å². The van der Waals surface area contributed by atoms with Crippen molar-refractivity contribution in [3.8, 4) is 0 Å². The quantitative estimate of drug-likeness (QED) is 0.887. The van der Waals surface area contributed by atoms with Gasteiger partial charge in [-0.15, -0.1) is 0 Å². The maximum atomic E-state index is 9.81. The normalized spacial score (nSPS) is 12.9. The number of hydrogen-bond donors (Lipinski definition) is 2. The molecule has 0 heterocycles. The van der Waals surface area contributed by atoms with Crippen molar-refractivity contribution in [3.63, 3.8) is 0 Å². The molecule has 1 atom stereocenters. The molecule has 0 aliphatic rings. The van der Waals surface area contributed by atoms with Gasteiger partial charge < -0.3 is 10.4 Å². The molecule has 0 radical (unpaired) electrons. The molecule has 14 heavy (non-hydrogen) atoms. The first kappa shape index (κ1) is 12.0. The topological polar surface area (TPSA) is 32.3 Å². The number of aliphatic hydroxyl groups is 1. The molecule has 1 aromatic carbocycles. The van der Waals surface area contributed by atoms with E-state index in [2.05, 4.69) is 21.2 Å². The Kier molecular flexibility index (Phi) is 4.89. The highest BCUT2D eigenvalue weighted by atomic mass is 79.9. The molecule has 4 heteroatoms. The first-order chi connectivity index (χ1) is 6.65. The fraction of sp³-hybridized carbons (Fsp3) is 0.400. The smallest absolute Gasteiger partial charge is 0.0925 e. The van der Waals surface area contributed by atoms with E-state index in [0.29, 0.717) is 11.6 Å². The van der Waals surface area contributed by atoms with Gasteiger partial charge >= 0.3 is 0 Å². The van der Waals surface area contributed by atoms with E-state index in [0.717, 1.165) is 16.6 Å². The zero-order chi connectivity index (χ0) is 10.6. The van der Waals surface area contributed by atoms with Gasteiger partial charge in [0.15, 0.2) is 0 Å². The number of aliphatic hydroxyl groups excluding tert-OH is 1. The van der Waals surface area contributed by atoms with Crippen molar-refractivity contribution in [2.24, 2.45) is 0 Å². The van der Waals surface area contributed by atoms with E-state index < -0.39 is 6.10 Å². The average Bonchev–Trinajstić information content (AvgIpc) is 2.18. The highest BCUT2D eigenvalue weighted by Gasteiger charge is 2.10. The van der Waals surface area contributed by atoms with Crippen molar-refractivity contribution in [2.75, 3.05) is 13.1 Å². The number of rotatable bonds is 4. The standard InChI is InChI=1S/C10H13BrClNO/c1-2-13-6-10(14)8-5-7(12)3-4-9(8)11/h3-5,10,13-14H,2,6H2,1H3. The third-order valence-corrected chi connectivity index (χ3v) is 2.86. The Morgan fingerprint density at radius 3 is 2.93 bits per heavy atom. The van der Waals surface area contributed by atoms with Crippen LogP contribution in [0.2, 0.25) is 5.02 Å². The van der Waals surface area contributed by atoms with Crippen molar-refractivity contribution in [1.82, 2.24) is 5.32 Å². The van der Waals surface area contributed by atoms with Crippen LogP contribution in [-0.2, 0) is 0 Å². The number of nitrogens with one attached hydrogen (secondary N) is 1. The van der Waals surface area contributed by atoms with Crippen LogP contribution in [0.25, 0.3) is 0 Å². The van der Waals surface area contributed by atoms with Crippen molar-refractivity contribution in [3.05, 3.63) is 33.3 Å². The van der Waals surface area contributed by atoms with Crippen LogP contribution in [-0.4, -0.2) is 18.2 Å². The number of likely N-dealkylation sites (N-methyl/N-ethyl adjacent to an activating group) is 1. The third-order valence-electron chi connectivity index (χ3n) is 1.90. The second-order valence-corrected chi connectivity index (χ2v) is 4.28. The molecule has 0 spiro atoms. The molecule has 1 rings (SSSR count). The maximum Gasteiger partial charge on any atom is 0.0925 e. The molecule has 2 nitrogen and oxygen atoms in total. The van der Waals surface area contributed by atoms with E-state index in [1.165, 1.54) is 0 Å². The molecule has 0 aromatic heterocycles. The molecular weight excluding hydrogens is 265 g/mol. The van der Waals surface area contributed by atoms with Gasteiger partial charge in [0.05, 0.1) is 6.10 Å². The van der Waals surface area contributed by atoms with E-state index in [-0.39, 0.29) is 0 Å². The number of halogens is 2. The van der Waals surface area contributed by atoms with Crippen molar-refractivity contribution >= 4 is 27.5 Å². The molecule has 78 valence electrons. The van der Waals surface area contributed by atoms with E-state index >= 15 is 0 Å². The highest BCUT2D eigenvalue weighted by molar-refractivity contribution is 9.10. The summed E-state index contributed by atoms with van der Waals surface area (Å²) in [6.07, 6.45) is -0.525. The fourth-order valence-electron chi connectivity index (χ4n) is 1.16. The molecular formula is C10H13BrClNO. The summed E-state index contributed by atoms with van der Waals surface area (Å²) < 4.78 is 0.882. The summed E-state index contributed by atoms with van der Waals surface area (Å²) in [6.45, 7) is 3.38. The molecule has 0 fully saturated rings. The molecule has 0 saturated heterocycles. The van der Waals surface area contributed by atoms with Gasteiger partial charge in [0, 0.05) is 16.0 Å². The van der Waals surface area contributed by atoms with Gasteiger partial charge in [-0.2, -0.15) is 0 Å². The first-order valence-corrected chi connectivity index (χ1v) is 5.66. The van der Waals surface area contributed by atoms with Crippen LogP contribution in [0.15, 0.2) is 22.7 Å². The first-order valence-electron chi connectivity index (χ1n) is 4.49. The minimum Gasteiger partial charge on any atom is -0.387 e. The van der Waals surface area contributed by atoms with Gasteiger partial charge in [0.2, 0.25) is 0 Å². The van der Waals surface area contributed by atoms with Crippen molar-refractivity contribution in [2.45, 2.75) is 13.0 Å². The molecule has 0 aliphatic heterocycles.